The van der Waals surface area contributed by atoms with Crippen LogP contribution in [-0.2, 0) is 19.4 Å². The molecular formula is C16H21NO5S2. The van der Waals surface area contributed by atoms with E-state index in [-0.39, 0.29) is 28.4 Å². The maximum Gasteiger partial charge on any atom is 0.308 e. The Kier molecular flexibility index (Phi) is 6.28. The molecule has 1 aliphatic rings. The smallest absolute Gasteiger partial charge is 0.308 e. The van der Waals surface area contributed by atoms with E-state index in [1.54, 1.807) is 31.2 Å². The second kappa shape index (κ2) is 8.02. The molecule has 0 spiro atoms. The van der Waals surface area contributed by atoms with Crippen LogP contribution >= 0.6 is 11.8 Å². The first-order valence-corrected chi connectivity index (χ1v) is 10.5. The Labute approximate surface area is 145 Å². The second-order valence-corrected chi connectivity index (χ2v) is 9.44. The van der Waals surface area contributed by atoms with Crippen molar-refractivity contribution >= 4 is 33.5 Å². The summed E-state index contributed by atoms with van der Waals surface area (Å²) in [6, 6.07) is 8.35. The summed E-state index contributed by atoms with van der Waals surface area (Å²) in [5.74, 6) is -1.64. The largest absolute Gasteiger partial charge is 0.481 e. The highest BCUT2D eigenvalue weighted by Crippen LogP contribution is 2.25. The average Bonchev–Trinajstić information content (AvgIpc) is 2.90. The Morgan fingerprint density at radius 1 is 1.33 bits per heavy atom. The van der Waals surface area contributed by atoms with Crippen molar-refractivity contribution in [3.63, 3.8) is 0 Å². The fourth-order valence-electron chi connectivity index (χ4n) is 2.60. The normalized spacial score (nSPS) is 21.8. The minimum Gasteiger partial charge on any atom is -0.481 e. The molecule has 1 saturated heterocycles. The van der Waals surface area contributed by atoms with Crippen molar-refractivity contribution in [3.8, 4) is 0 Å². The van der Waals surface area contributed by atoms with Crippen LogP contribution in [0.25, 0.3) is 0 Å². The van der Waals surface area contributed by atoms with Gasteiger partial charge in [0.1, 0.15) is 0 Å². The number of carboxylic acids is 1. The third-order valence-electron chi connectivity index (χ3n) is 4.01. The number of carbonyl (C=O) groups excluding carboxylic acids is 1. The van der Waals surface area contributed by atoms with E-state index in [1.165, 1.54) is 11.8 Å². The van der Waals surface area contributed by atoms with Crippen molar-refractivity contribution in [3.05, 3.63) is 35.9 Å². The zero-order chi connectivity index (χ0) is 17.7. The van der Waals surface area contributed by atoms with E-state index in [2.05, 4.69) is 5.32 Å². The van der Waals surface area contributed by atoms with E-state index in [1.807, 2.05) is 6.07 Å². The Bertz CT molecular complexity index is 690. The number of rotatable bonds is 7. The van der Waals surface area contributed by atoms with Crippen LogP contribution in [0.2, 0.25) is 0 Å². The molecule has 3 atom stereocenters. The molecule has 6 nitrogen and oxygen atoms in total. The number of thioether (sulfide) groups is 1. The molecule has 132 valence electrons. The standard InChI is InChI=1S/C16H21NO5S2/c1-11(16(19)20)15(12-5-3-2-4-6-12)17-14(18)9-23-13-7-8-24(21,22)10-13/h2-6,11,13,15H,7-10H2,1H3,(H,17,18)(H,19,20). The number of nitrogens with one attached hydrogen (secondary N) is 1. The van der Waals surface area contributed by atoms with Gasteiger partial charge in [-0.05, 0) is 18.9 Å². The molecule has 0 radical (unpaired) electrons. The van der Waals surface area contributed by atoms with Gasteiger partial charge in [0, 0.05) is 5.25 Å². The van der Waals surface area contributed by atoms with Gasteiger partial charge in [-0.3, -0.25) is 9.59 Å². The van der Waals surface area contributed by atoms with E-state index in [0.717, 1.165) is 5.56 Å². The van der Waals surface area contributed by atoms with Crippen LogP contribution in [0.1, 0.15) is 24.9 Å². The summed E-state index contributed by atoms with van der Waals surface area (Å²) in [5, 5.41) is 12.0. The molecule has 24 heavy (non-hydrogen) atoms. The van der Waals surface area contributed by atoms with E-state index in [4.69, 9.17) is 0 Å². The minimum atomic E-state index is -2.96. The molecule has 0 saturated carbocycles. The van der Waals surface area contributed by atoms with Gasteiger partial charge in [-0.1, -0.05) is 30.3 Å². The molecular weight excluding hydrogens is 350 g/mol. The van der Waals surface area contributed by atoms with Crippen molar-refractivity contribution in [1.82, 2.24) is 5.32 Å². The number of sulfone groups is 1. The molecule has 8 heteroatoms. The number of carbonyl (C=O) groups is 2. The van der Waals surface area contributed by atoms with Crippen LogP contribution < -0.4 is 5.32 Å². The zero-order valence-electron chi connectivity index (χ0n) is 13.3. The van der Waals surface area contributed by atoms with Gasteiger partial charge < -0.3 is 10.4 Å². The Hall–Kier alpha value is -1.54. The van der Waals surface area contributed by atoms with Gasteiger partial charge in [0.05, 0.1) is 29.2 Å². The molecule has 1 amide bonds. The minimum absolute atomic E-state index is 0.0622. The van der Waals surface area contributed by atoms with Gasteiger partial charge in [0.2, 0.25) is 5.91 Å². The molecule has 3 unspecified atom stereocenters. The Morgan fingerprint density at radius 2 is 2.00 bits per heavy atom. The lowest BCUT2D eigenvalue weighted by Crippen LogP contribution is -2.36. The fourth-order valence-corrected chi connectivity index (χ4v) is 6.06. The van der Waals surface area contributed by atoms with Crippen molar-refractivity contribution in [2.24, 2.45) is 5.92 Å². The molecule has 1 heterocycles. The van der Waals surface area contributed by atoms with Crippen molar-refractivity contribution < 1.29 is 23.1 Å². The first kappa shape index (κ1) is 18.8. The number of aliphatic carboxylic acids is 1. The number of benzene rings is 1. The highest BCUT2D eigenvalue weighted by atomic mass is 32.2. The van der Waals surface area contributed by atoms with Crippen LogP contribution in [0.4, 0.5) is 0 Å². The third-order valence-corrected chi connectivity index (χ3v) is 7.29. The molecule has 0 bridgehead atoms. The highest BCUT2D eigenvalue weighted by Gasteiger charge is 2.30. The maximum absolute atomic E-state index is 12.2. The molecule has 0 aliphatic carbocycles. The number of hydrogen-bond acceptors (Lipinski definition) is 5. The first-order valence-electron chi connectivity index (χ1n) is 7.67. The average molecular weight is 371 g/mol. The van der Waals surface area contributed by atoms with Gasteiger partial charge >= 0.3 is 5.97 Å². The van der Waals surface area contributed by atoms with Crippen LogP contribution in [0.5, 0.6) is 0 Å². The van der Waals surface area contributed by atoms with Crippen molar-refractivity contribution in [2.45, 2.75) is 24.6 Å². The molecule has 1 aliphatic heterocycles. The van der Waals surface area contributed by atoms with E-state index < -0.39 is 27.8 Å². The fraction of sp³-hybridized carbons (Fsp3) is 0.500. The molecule has 2 rings (SSSR count). The predicted molar refractivity (Wildman–Crippen MR) is 93.6 cm³/mol. The lowest BCUT2D eigenvalue weighted by atomic mass is 9.94. The second-order valence-electron chi connectivity index (χ2n) is 5.92. The summed E-state index contributed by atoms with van der Waals surface area (Å²) in [6.07, 6.45) is 0.563. The van der Waals surface area contributed by atoms with Crippen LogP contribution in [-0.4, -0.2) is 47.9 Å². The predicted octanol–water partition coefficient (Wildman–Crippen LogP) is 1.48. The number of carboxylic acid groups (broad SMARTS) is 1. The van der Waals surface area contributed by atoms with Crippen molar-refractivity contribution in [2.75, 3.05) is 17.3 Å². The van der Waals surface area contributed by atoms with Gasteiger partial charge in [-0.25, -0.2) is 8.42 Å². The monoisotopic (exact) mass is 371 g/mol. The van der Waals surface area contributed by atoms with Crippen LogP contribution in [0, 0.1) is 5.92 Å². The summed E-state index contributed by atoms with van der Waals surface area (Å²) in [6.45, 7) is 1.55. The molecule has 2 N–H and O–H groups in total. The maximum atomic E-state index is 12.2. The van der Waals surface area contributed by atoms with E-state index in [9.17, 15) is 23.1 Å². The summed E-state index contributed by atoms with van der Waals surface area (Å²) < 4.78 is 22.9. The lowest BCUT2D eigenvalue weighted by Gasteiger charge is -2.23. The molecule has 0 aromatic heterocycles. The molecule has 1 aromatic carbocycles. The summed E-state index contributed by atoms with van der Waals surface area (Å²) in [7, 11) is -2.96. The summed E-state index contributed by atoms with van der Waals surface area (Å²) in [5.41, 5.74) is 0.731. The summed E-state index contributed by atoms with van der Waals surface area (Å²) in [4.78, 5) is 23.5. The number of amides is 1. The van der Waals surface area contributed by atoms with Crippen molar-refractivity contribution in [1.29, 1.82) is 0 Å². The summed E-state index contributed by atoms with van der Waals surface area (Å²) >= 11 is 1.31. The van der Waals surface area contributed by atoms with Gasteiger partial charge in [-0.15, -0.1) is 11.8 Å². The molecule has 1 aromatic rings. The van der Waals surface area contributed by atoms with Gasteiger partial charge in [0.25, 0.3) is 0 Å². The van der Waals surface area contributed by atoms with Gasteiger partial charge in [0.15, 0.2) is 9.84 Å². The van der Waals surface area contributed by atoms with E-state index in [0.29, 0.717) is 6.42 Å². The SMILES string of the molecule is CC(C(=O)O)C(NC(=O)CSC1CCS(=O)(=O)C1)c1ccccc1. The first-order chi connectivity index (χ1) is 11.3. The highest BCUT2D eigenvalue weighted by molar-refractivity contribution is 8.02. The Balaban J connectivity index is 1.96. The van der Waals surface area contributed by atoms with Gasteiger partial charge in [-0.2, -0.15) is 0 Å². The lowest BCUT2D eigenvalue weighted by molar-refractivity contribution is -0.142. The Morgan fingerprint density at radius 3 is 2.54 bits per heavy atom. The topological polar surface area (TPSA) is 101 Å². The van der Waals surface area contributed by atoms with E-state index >= 15 is 0 Å². The zero-order valence-corrected chi connectivity index (χ0v) is 15.0. The quantitative estimate of drug-likeness (QED) is 0.753. The van der Waals surface area contributed by atoms with Crippen LogP contribution in [0.15, 0.2) is 30.3 Å². The third kappa shape index (κ3) is 5.24. The van der Waals surface area contributed by atoms with Crippen LogP contribution in [0.3, 0.4) is 0 Å². The number of hydrogen-bond donors (Lipinski definition) is 2. The molecule has 1 fully saturated rings.